The van der Waals surface area contributed by atoms with Gasteiger partial charge < -0.3 is 5.32 Å². The Bertz CT molecular complexity index is 573. The Labute approximate surface area is 111 Å². The summed E-state index contributed by atoms with van der Waals surface area (Å²) in [6.45, 7) is 0.759. The zero-order valence-corrected chi connectivity index (χ0v) is 10.4. The number of aromatic nitrogens is 1. The highest BCUT2D eigenvalue weighted by Gasteiger charge is 1.97. The van der Waals surface area contributed by atoms with Crippen LogP contribution in [0.3, 0.4) is 0 Å². The van der Waals surface area contributed by atoms with Gasteiger partial charge in [0.05, 0.1) is 5.56 Å². The number of halogens is 1. The van der Waals surface area contributed by atoms with Crippen molar-refractivity contribution in [3.05, 3.63) is 59.5 Å². The fourth-order valence-electron chi connectivity index (χ4n) is 1.77. The SMILES string of the molecule is N#Cc1ccc(NCCCc2cccc(F)c2)nc1. The smallest absolute Gasteiger partial charge is 0.125 e. The summed E-state index contributed by atoms with van der Waals surface area (Å²) in [6, 6.07) is 12.2. The second kappa shape index (κ2) is 6.50. The van der Waals surface area contributed by atoms with E-state index in [4.69, 9.17) is 5.26 Å². The highest BCUT2D eigenvalue weighted by molar-refractivity contribution is 5.38. The van der Waals surface area contributed by atoms with E-state index in [1.165, 1.54) is 12.3 Å². The molecular formula is C15H14FN3. The van der Waals surface area contributed by atoms with Gasteiger partial charge in [-0.15, -0.1) is 0 Å². The van der Waals surface area contributed by atoms with Gasteiger partial charge in [-0.2, -0.15) is 5.26 Å². The lowest BCUT2D eigenvalue weighted by atomic mass is 10.1. The van der Waals surface area contributed by atoms with E-state index in [1.807, 2.05) is 12.1 Å². The Morgan fingerprint density at radius 3 is 2.84 bits per heavy atom. The maximum atomic E-state index is 13.0. The van der Waals surface area contributed by atoms with Crippen LogP contribution in [0.2, 0.25) is 0 Å². The Morgan fingerprint density at radius 1 is 1.26 bits per heavy atom. The number of nitrogens with one attached hydrogen (secondary N) is 1. The van der Waals surface area contributed by atoms with Gasteiger partial charge in [0.1, 0.15) is 17.7 Å². The van der Waals surface area contributed by atoms with Gasteiger partial charge in [0.25, 0.3) is 0 Å². The average Bonchev–Trinajstić information content (AvgIpc) is 2.44. The van der Waals surface area contributed by atoms with Crippen molar-refractivity contribution in [3.8, 4) is 6.07 Å². The summed E-state index contributed by atoms with van der Waals surface area (Å²) in [5, 5.41) is 11.8. The molecule has 96 valence electrons. The van der Waals surface area contributed by atoms with E-state index in [0.717, 1.165) is 30.8 Å². The molecule has 19 heavy (non-hydrogen) atoms. The molecule has 0 saturated heterocycles. The normalized spacial score (nSPS) is 9.89. The summed E-state index contributed by atoms with van der Waals surface area (Å²) in [7, 11) is 0. The second-order valence-electron chi connectivity index (χ2n) is 4.20. The minimum absolute atomic E-state index is 0.195. The van der Waals surface area contributed by atoms with Gasteiger partial charge in [0, 0.05) is 12.7 Å². The first-order valence-electron chi connectivity index (χ1n) is 6.12. The fourth-order valence-corrected chi connectivity index (χ4v) is 1.77. The van der Waals surface area contributed by atoms with E-state index in [9.17, 15) is 4.39 Å². The lowest BCUT2D eigenvalue weighted by Crippen LogP contribution is -2.04. The van der Waals surface area contributed by atoms with Crippen molar-refractivity contribution < 1.29 is 4.39 Å². The summed E-state index contributed by atoms with van der Waals surface area (Å²) in [5.74, 6) is 0.553. The number of rotatable bonds is 5. The first-order chi connectivity index (χ1) is 9.28. The third-order valence-electron chi connectivity index (χ3n) is 2.73. The Balaban J connectivity index is 1.76. The van der Waals surface area contributed by atoms with Crippen LogP contribution >= 0.6 is 0 Å². The number of aryl methyl sites for hydroxylation is 1. The molecule has 0 bridgehead atoms. The van der Waals surface area contributed by atoms with Crippen LogP contribution in [0.25, 0.3) is 0 Å². The minimum atomic E-state index is -0.195. The molecule has 0 radical (unpaired) electrons. The topological polar surface area (TPSA) is 48.7 Å². The number of nitriles is 1. The van der Waals surface area contributed by atoms with E-state index in [1.54, 1.807) is 24.3 Å². The molecule has 2 rings (SSSR count). The van der Waals surface area contributed by atoms with Gasteiger partial charge in [0.2, 0.25) is 0 Å². The van der Waals surface area contributed by atoms with Gasteiger partial charge in [-0.3, -0.25) is 0 Å². The predicted octanol–water partition coefficient (Wildman–Crippen LogP) is 3.14. The average molecular weight is 255 g/mol. The molecule has 0 amide bonds. The van der Waals surface area contributed by atoms with Crippen LogP contribution in [0.1, 0.15) is 17.5 Å². The number of hydrogen-bond donors (Lipinski definition) is 1. The van der Waals surface area contributed by atoms with Crippen molar-refractivity contribution >= 4 is 5.82 Å². The van der Waals surface area contributed by atoms with Gasteiger partial charge >= 0.3 is 0 Å². The number of pyridine rings is 1. The monoisotopic (exact) mass is 255 g/mol. The van der Waals surface area contributed by atoms with E-state index in [-0.39, 0.29) is 5.82 Å². The van der Waals surface area contributed by atoms with Gasteiger partial charge in [0.15, 0.2) is 0 Å². The molecule has 0 atom stereocenters. The molecule has 1 aromatic carbocycles. The molecule has 0 fully saturated rings. The molecule has 0 aliphatic heterocycles. The fraction of sp³-hybridized carbons (Fsp3) is 0.200. The van der Waals surface area contributed by atoms with Gasteiger partial charge in [-0.25, -0.2) is 9.37 Å². The number of nitrogens with zero attached hydrogens (tertiary/aromatic N) is 2. The zero-order chi connectivity index (χ0) is 13.5. The van der Waals surface area contributed by atoms with Crippen LogP contribution in [-0.4, -0.2) is 11.5 Å². The van der Waals surface area contributed by atoms with Crippen LogP contribution in [0.15, 0.2) is 42.6 Å². The third-order valence-corrected chi connectivity index (χ3v) is 2.73. The molecule has 0 spiro atoms. The first-order valence-corrected chi connectivity index (χ1v) is 6.12. The van der Waals surface area contributed by atoms with E-state index >= 15 is 0 Å². The molecular weight excluding hydrogens is 241 g/mol. The summed E-state index contributed by atoms with van der Waals surface area (Å²) in [4.78, 5) is 4.11. The highest BCUT2D eigenvalue weighted by atomic mass is 19.1. The Kier molecular flexibility index (Phi) is 4.46. The first kappa shape index (κ1) is 13.0. The molecule has 0 aliphatic carbocycles. The van der Waals surface area contributed by atoms with Crippen LogP contribution in [0.4, 0.5) is 10.2 Å². The van der Waals surface area contributed by atoms with Crippen molar-refractivity contribution in [2.24, 2.45) is 0 Å². The quantitative estimate of drug-likeness (QED) is 0.835. The lowest BCUT2D eigenvalue weighted by Gasteiger charge is -2.05. The molecule has 4 heteroatoms. The molecule has 3 nitrogen and oxygen atoms in total. The predicted molar refractivity (Wildman–Crippen MR) is 72.2 cm³/mol. The van der Waals surface area contributed by atoms with Crippen LogP contribution in [-0.2, 0) is 6.42 Å². The number of hydrogen-bond acceptors (Lipinski definition) is 3. The zero-order valence-electron chi connectivity index (χ0n) is 10.4. The second-order valence-corrected chi connectivity index (χ2v) is 4.20. The van der Waals surface area contributed by atoms with Crippen LogP contribution in [0, 0.1) is 17.1 Å². The highest BCUT2D eigenvalue weighted by Crippen LogP contribution is 2.07. The van der Waals surface area contributed by atoms with Crippen molar-refractivity contribution in [3.63, 3.8) is 0 Å². The molecule has 1 aromatic heterocycles. The molecule has 2 aromatic rings. The van der Waals surface area contributed by atoms with Gasteiger partial charge in [-0.1, -0.05) is 12.1 Å². The summed E-state index contributed by atoms with van der Waals surface area (Å²) in [5.41, 5.74) is 1.54. The third kappa shape index (κ3) is 4.07. The van der Waals surface area contributed by atoms with Crippen molar-refractivity contribution in [2.75, 3.05) is 11.9 Å². The maximum absolute atomic E-state index is 13.0. The van der Waals surface area contributed by atoms with Gasteiger partial charge in [-0.05, 0) is 42.7 Å². The summed E-state index contributed by atoms with van der Waals surface area (Å²) >= 11 is 0. The van der Waals surface area contributed by atoms with E-state index < -0.39 is 0 Å². The van der Waals surface area contributed by atoms with Crippen molar-refractivity contribution in [1.29, 1.82) is 5.26 Å². The van der Waals surface area contributed by atoms with Crippen LogP contribution < -0.4 is 5.32 Å². The van der Waals surface area contributed by atoms with Crippen molar-refractivity contribution in [1.82, 2.24) is 4.98 Å². The van der Waals surface area contributed by atoms with E-state index in [0.29, 0.717) is 5.56 Å². The lowest BCUT2D eigenvalue weighted by molar-refractivity contribution is 0.624. The number of anilines is 1. The molecule has 0 saturated carbocycles. The van der Waals surface area contributed by atoms with E-state index in [2.05, 4.69) is 10.3 Å². The summed E-state index contributed by atoms with van der Waals surface area (Å²) < 4.78 is 13.0. The number of benzene rings is 1. The van der Waals surface area contributed by atoms with Crippen molar-refractivity contribution in [2.45, 2.75) is 12.8 Å². The summed E-state index contributed by atoms with van der Waals surface area (Å²) in [6.07, 6.45) is 3.25. The molecule has 1 N–H and O–H groups in total. The maximum Gasteiger partial charge on any atom is 0.125 e. The Morgan fingerprint density at radius 2 is 2.16 bits per heavy atom. The van der Waals surface area contributed by atoms with Crippen LogP contribution in [0.5, 0.6) is 0 Å². The Hall–Kier alpha value is -2.41. The largest absolute Gasteiger partial charge is 0.370 e. The molecule has 1 heterocycles. The molecule has 0 unspecified atom stereocenters. The standard InChI is InChI=1S/C15H14FN3/c16-14-5-1-3-12(9-14)4-2-8-18-15-7-6-13(10-17)11-19-15/h1,3,5-7,9,11H,2,4,8H2,(H,18,19). The molecule has 0 aliphatic rings. The minimum Gasteiger partial charge on any atom is -0.370 e.